The largest absolute Gasteiger partial charge is 0.486 e. The minimum Gasteiger partial charge on any atom is -0.486 e. The lowest BCUT2D eigenvalue weighted by molar-refractivity contribution is -0.124. The van der Waals surface area contributed by atoms with Gasteiger partial charge in [0.25, 0.3) is 5.91 Å². The van der Waals surface area contributed by atoms with Crippen LogP contribution in [0.5, 0.6) is 11.5 Å². The maximum Gasteiger partial charge on any atom is 0.338 e. The van der Waals surface area contributed by atoms with Crippen molar-refractivity contribution >= 4 is 11.9 Å². The first kappa shape index (κ1) is 18.6. The summed E-state index contributed by atoms with van der Waals surface area (Å²) in [6, 6.07) is 6.94. The number of hydrogen-bond acceptors (Lipinski definition) is 5. The highest BCUT2D eigenvalue weighted by atomic mass is 19.1. The minimum atomic E-state index is -0.768. The number of amides is 1. The average Bonchev–Trinajstić information content (AvgIpc) is 2.65. The van der Waals surface area contributed by atoms with Crippen molar-refractivity contribution < 1.29 is 32.6 Å². The summed E-state index contributed by atoms with van der Waals surface area (Å²) in [6.07, 6.45) is 0. The van der Waals surface area contributed by atoms with Crippen LogP contribution in [-0.4, -0.2) is 31.7 Å². The van der Waals surface area contributed by atoms with Crippen LogP contribution in [0.25, 0.3) is 0 Å². The molecular weight excluding hydrogens is 360 g/mol. The molecule has 0 saturated heterocycles. The van der Waals surface area contributed by atoms with Gasteiger partial charge in [0, 0.05) is 11.6 Å². The van der Waals surface area contributed by atoms with E-state index in [9.17, 15) is 18.4 Å². The van der Waals surface area contributed by atoms with Gasteiger partial charge < -0.3 is 19.5 Å². The lowest BCUT2D eigenvalue weighted by atomic mass is 10.1. The molecule has 0 saturated carbocycles. The van der Waals surface area contributed by atoms with Gasteiger partial charge >= 0.3 is 5.97 Å². The normalized spacial score (nSPS) is 13.6. The quantitative estimate of drug-likeness (QED) is 0.811. The third kappa shape index (κ3) is 4.52. The Morgan fingerprint density at radius 3 is 2.59 bits per heavy atom. The first-order chi connectivity index (χ1) is 12.9. The van der Waals surface area contributed by atoms with Gasteiger partial charge in [-0.15, -0.1) is 0 Å². The second-order valence-electron chi connectivity index (χ2n) is 5.89. The fraction of sp³-hybridized carbons (Fsp3) is 0.263. The van der Waals surface area contributed by atoms with Crippen molar-refractivity contribution in [1.29, 1.82) is 0 Å². The number of rotatable bonds is 5. The Labute approximate surface area is 154 Å². The summed E-state index contributed by atoms with van der Waals surface area (Å²) >= 11 is 0. The molecular formula is C19H17F2NO5. The Morgan fingerprint density at radius 1 is 1.11 bits per heavy atom. The minimum absolute atomic E-state index is 0.128. The van der Waals surface area contributed by atoms with Gasteiger partial charge in [-0.25, -0.2) is 13.6 Å². The van der Waals surface area contributed by atoms with Gasteiger partial charge in [-0.2, -0.15) is 0 Å². The van der Waals surface area contributed by atoms with Gasteiger partial charge in [-0.1, -0.05) is 6.07 Å². The predicted molar refractivity (Wildman–Crippen MR) is 90.6 cm³/mol. The monoisotopic (exact) mass is 377 g/mol. The maximum absolute atomic E-state index is 13.7. The number of carbonyl (C=O) groups is 2. The van der Waals surface area contributed by atoms with Gasteiger partial charge in [0.15, 0.2) is 18.1 Å². The SMILES string of the molecule is C[C@H](NC(=O)COC(=O)c1ccc2c(c1)OCCO2)c1ccc(F)cc1F. The van der Waals surface area contributed by atoms with Crippen molar-refractivity contribution in [2.24, 2.45) is 0 Å². The summed E-state index contributed by atoms with van der Waals surface area (Å²) in [5.41, 5.74) is 0.340. The van der Waals surface area contributed by atoms with Crippen molar-refractivity contribution in [3.8, 4) is 11.5 Å². The average molecular weight is 377 g/mol. The summed E-state index contributed by atoms with van der Waals surface area (Å²) in [7, 11) is 0. The Hall–Kier alpha value is -3.16. The Balaban J connectivity index is 1.54. The highest BCUT2D eigenvalue weighted by molar-refractivity contribution is 5.92. The number of esters is 1. The zero-order valence-corrected chi connectivity index (χ0v) is 14.5. The summed E-state index contributed by atoms with van der Waals surface area (Å²) in [4.78, 5) is 24.0. The number of ether oxygens (including phenoxy) is 3. The molecule has 1 heterocycles. The summed E-state index contributed by atoms with van der Waals surface area (Å²) in [5.74, 6) is -1.83. The zero-order chi connectivity index (χ0) is 19.4. The van der Waals surface area contributed by atoms with Crippen LogP contribution in [0, 0.1) is 11.6 Å². The second kappa shape index (κ2) is 8.03. The smallest absolute Gasteiger partial charge is 0.338 e. The van der Waals surface area contributed by atoms with E-state index >= 15 is 0 Å². The van der Waals surface area contributed by atoms with Gasteiger partial charge in [0.05, 0.1) is 11.6 Å². The molecule has 1 N–H and O–H groups in total. The van der Waals surface area contributed by atoms with Crippen LogP contribution >= 0.6 is 0 Å². The van der Waals surface area contributed by atoms with Crippen LogP contribution < -0.4 is 14.8 Å². The van der Waals surface area contributed by atoms with E-state index in [1.165, 1.54) is 25.1 Å². The van der Waals surface area contributed by atoms with Crippen molar-refractivity contribution in [2.45, 2.75) is 13.0 Å². The molecule has 8 heteroatoms. The van der Waals surface area contributed by atoms with E-state index in [0.717, 1.165) is 12.1 Å². The number of nitrogens with one attached hydrogen (secondary N) is 1. The molecule has 2 aromatic carbocycles. The third-order valence-electron chi connectivity index (χ3n) is 3.92. The summed E-state index contributed by atoms with van der Waals surface area (Å²) in [5, 5.41) is 2.49. The molecule has 0 aromatic heterocycles. The molecule has 2 aromatic rings. The van der Waals surface area contributed by atoms with E-state index < -0.39 is 36.2 Å². The predicted octanol–water partition coefficient (Wildman–Crippen LogP) is 2.77. The summed E-state index contributed by atoms with van der Waals surface area (Å²) < 4.78 is 42.4. The van der Waals surface area contributed by atoms with E-state index in [1.54, 1.807) is 6.07 Å². The van der Waals surface area contributed by atoms with Crippen LogP contribution in [-0.2, 0) is 9.53 Å². The molecule has 0 fully saturated rings. The molecule has 1 aliphatic heterocycles. The molecule has 1 aliphatic rings. The molecule has 0 aliphatic carbocycles. The molecule has 3 rings (SSSR count). The molecule has 1 atom stereocenters. The van der Waals surface area contributed by atoms with E-state index in [0.29, 0.717) is 24.7 Å². The van der Waals surface area contributed by atoms with E-state index in [4.69, 9.17) is 14.2 Å². The first-order valence-corrected chi connectivity index (χ1v) is 8.25. The molecule has 6 nitrogen and oxygen atoms in total. The van der Waals surface area contributed by atoms with Gasteiger partial charge in [-0.3, -0.25) is 4.79 Å². The Bertz CT molecular complexity index is 871. The highest BCUT2D eigenvalue weighted by Crippen LogP contribution is 2.30. The molecule has 0 unspecified atom stereocenters. The Morgan fingerprint density at radius 2 is 1.85 bits per heavy atom. The van der Waals surface area contributed by atoms with E-state index in [1.807, 2.05) is 0 Å². The van der Waals surface area contributed by atoms with Gasteiger partial charge in [0.2, 0.25) is 0 Å². The molecule has 0 spiro atoms. The zero-order valence-electron chi connectivity index (χ0n) is 14.5. The second-order valence-corrected chi connectivity index (χ2v) is 5.89. The highest BCUT2D eigenvalue weighted by Gasteiger charge is 2.18. The first-order valence-electron chi connectivity index (χ1n) is 8.25. The lowest BCUT2D eigenvalue weighted by Gasteiger charge is -2.18. The van der Waals surface area contributed by atoms with Crippen LogP contribution in [0.2, 0.25) is 0 Å². The number of halogens is 2. The van der Waals surface area contributed by atoms with Gasteiger partial charge in [0.1, 0.15) is 24.8 Å². The van der Waals surface area contributed by atoms with Crippen LogP contribution in [0.15, 0.2) is 36.4 Å². The third-order valence-corrected chi connectivity index (χ3v) is 3.92. The van der Waals surface area contributed by atoms with E-state index in [-0.39, 0.29) is 11.1 Å². The lowest BCUT2D eigenvalue weighted by Crippen LogP contribution is -2.31. The van der Waals surface area contributed by atoms with Crippen LogP contribution in [0.4, 0.5) is 8.78 Å². The van der Waals surface area contributed by atoms with Gasteiger partial charge in [-0.05, 0) is 31.2 Å². The standard InChI is InChI=1S/C19H17F2NO5/c1-11(14-4-3-13(20)9-15(14)21)22-18(23)10-27-19(24)12-2-5-16-17(8-12)26-7-6-25-16/h2-5,8-9,11H,6-7,10H2,1H3,(H,22,23)/t11-/m0/s1. The molecule has 0 radical (unpaired) electrons. The summed E-state index contributed by atoms with van der Waals surface area (Å²) in [6.45, 7) is 1.81. The molecule has 142 valence electrons. The fourth-order valence-corrected chi connectivity index (χ4v) is 2.60. The number of benzene rings is 2. The fourth-order valence-electron chi connectivity index (χ4n) is 2.60. The van der Waals surface area contributed by atoms with Crippen LogP contribution in [0.1, 0.15) is 28.9 Å². The molecule has 0 bridgehead atoms. The van der Waals surface area contributed by atoms with Crippen molar-refractivity contribution in [1.82, 2.24) is 5.32 Å². The molecule has 27 heavy (non-hydrogen) atoms. The van der Waals surface area contributed by atoms with E-state index in [2.05, 4.69) is 5.32 Å². The Kier molecular flexibility index (Phi) is 5.54. The van der Waals surface area contributed by atoms with Crippen LogP contribution in [0.3, 0.4) is 0 Å². The van der Waals surface area contributed by atoms with Crippen molar-refractivity contribution in [3.63, 3.8) is 0 Å². The maximum atomic E-state index is 13.7. The van der Waals surface area contributed by atoms with Crippen molar-refractivity contribution in [3.05, 3.63) is 59.2 Å². The number of fused-ring (bicyclic) bond motifs is 1. The van der Waals surface area contributed by atoms with Crippen molar-refractivity contribution in [2.75, 3.05) is 19.8 Å². The number of hydrogen-bond donors (Lipinski definition) is 1. The topological polar surface area (TPSA) is 73.9 Å². The molecule has 1 amide bonds. The number of carbonyl (C=O) groups excluding carboxylic acids is 2.